The maximum absolute atomic E-state index is 10.1. The van der Waals surface area contributed by atoms with Crippen LogP contribution in [0.3, 0.4) is 0 Å². The lowest BCUT2D eigenvalue weighted by molar-refractivity contribution is -0.139. The van der Waals surface area contributed by atoms with E-state index in [1.807, 2.05) is 0 Å². The molecule has 0 bridgehead atoms. The zero-order valence-electron chi connectivity index (χ0n) is 6.04. The third-order valence-corrected chi connectivity index (χ3v) is 0.961. The molecule has 0 unspecified atom stereocenters. The van der Waals surface area contributed by atoms with Gasteiger partial charge in [-0.15, -0.1) is 6.58 Å². The molecule has 0 aromatic rings. The van der Waals surface area contributed by atoms with Crippen LogP contribution in [-0.2, 0) is 9.53 Å². The number of carbonyl (C=O) groups is 1. The molecule has 10 heavy (non-hydrogen) atoms. The molecule has 0 aromatic heterocycles. The molecular weight excluding hydrogens is 132 g/mol. The lowest BCUT2D eigenvalue weighted by Gasteiger charge is -2.07. The first-order valence-electron chi connectivity index (χ1n) is 3.11. The average molecular weight is 144 g/mol. The maximum atomic E-state index is 10.1. The van der Waals surface area contributed by atoms with Crippen molar-refractivity contribution in [1.82, 2.24) is 0 Å². The van der Waals surface area contributed by atoms with Gasteiger partial charge >= 0.3 is 5.97 Å². The minimum Gasteiger partial charge on any atom is -0.481 e. The van der Waals surface area contributed by atoms with Crippen LogP contribution in [0, 0.1) is 0 Å². The van der Waals surface area contributed by atoms with Crippen molar-refractivity contribution >= 4 is 5.97 Å². The maximum Gasteiger partial charge on any atom is 0.305 e. The molecule has 1 atom stereocenters. The third kappa shape index (κ3) is 5.31. The van der Waals surface area contributed by atoms with Gasteiger partial charge < -0.3 is 9.84 Å². The molecule has 0 aliphatic rings. The third-order valence-electron chi connectivity index (χ3n) is 0.961. The van der Waals surface area contributed by atoms with Crippen LogP contribution in [0.2, 0.25) is 0 Å². The second kappa shape index (κ2) is 4.99. The summed E-state index contributed by atoms with van der Waals surface area (Å²) in [5.41, 5.74) is 0. The summed E-state index contributed by atoms with van der Waals surface area (Å²) in [4.78, 5) is 10.1. The first-order valence-corrected chi connectivity index (χ1v) is 3.11. The summed E-state index contributed by atoms with van der Waals surface area (Å²) in [5.74, 6) is -0.837. The minimum absolute atomic E-state index is 0.0494. The SMILES string of the molecule is C=CCO[C@@H](C)CC(=O)O. The molecule has 0 saturated heterocycles. The predicted molar refractivity (Wildman–Crippen MR) is 37.9 cm³/mol. The molecule has 58 valence electrons. The summed E-state index contributed by atoms with van der Waals surface area (Å²) >= 11 is 0. The number of carboxylic acids is 1. The van der Waals surface area contributed by atoms with Crippen LogP contribution in [0.5, 0.6) is 0 Å². The van der Waals surface area contributed by atoms with E-state index < -0.39 is 5.97 Å². The number of hydrogen-bond acceptors (Lipinski definition) is 2. The number of aliphatic carboxylic acids is 1. The number of carboxylic acid groups (broad SMARTS) is 1. The fourth-order valence-electron chi connectivity index (χ4n) is 0.537. The average Bonchev–Trinajstić information content (AvgIpc) is 1.82. The molecule has 0 spiro atoms. The summed E-state index contributed by atoms with van der Waals surface area (Å²) in [6.07, 6.45) is 1.42. The summed E-state index contributed by atoms with van der Waals surface area (Å²) < 4.78 is 5.00. The molecule has 0 heterocycles. The fourth-order valence-corrected chi connectivity index (χ4v) is 0.537. The van der Waals surface area contributed by atoms with E-state index in [9.17, 15) is 4.79 Å². The second-order valence-electron chi connectivity index (χ2n) is 2.03. The Morgan fingerprint density at radius 2 is 2.50 bits per heavy atom. The van der Waals surface area contributed by atoms with Crippen molar-refractivity contribution in [3.63, 3.8) is 0 Å². The van der Waals surface area contributed by atoms with Gasteiger partial charge in [-0.05, 0) is 6.92 Å². The Kier molecular flexibility index (Phi) is 4.58. The van der Waals surface area contributed by atoms with Gasteiger partial charge in [0.25, 0.3) is 0 Å². The topological polar surface area (TPSA) is 46.5 Å². The van der Waals surface area contributed by atoms with E-state index in [0.29, 0.717) is 6.61 Å². The largest absolute Gasteiger partial charge is 0.481 e. The van der Waals surface area contributed by atoms with E-state index in [1.165, 1.54) is 0 Å². The van der Waals surface area contributed by atoms with Gasteiger partial charge in [-0.25, -0.2) is 0 Å². The number of hydrogen-bond donors (Lipinski definition) is 1. The molecule has 0 radical (unpaired) electrons. The molecule has 3 heteroatoms. The van der Waals surface area contributed by atoms with Gasteiger partial charge in [-0.2, -0.15) is 0 Å². The standard InChI is InChI=1S/C7H12O3/c1-3-4-10-6(2)5-7(8)9/h3,6H,1,4-5H2,2H3,(H,8,9)/t6-/m0/s1. The van der Waals surface area contributed by atoms with Crippen LogP contribution >= 0.6 is 0 Å². The smallest absolute Gasteiger partial charge is 0.305 e. The van der Waals surface area contributed by atoms with Crippen molar-refractivity contribution in [2.45, 2.75) is 19.4 Å². The van der Waals surface area contributed by atoms with Gasteiger partial charge in [0.1, 0.15) is 0 Å². The highest BCUT2D eigenvalue weighted by molar-refractivity contribution is 5.67. The van der Waals surface area contributed by atoms with Gasteiger partial charge in [0.2, 0.25) is 0 Å². The van der Waals surface area contributed by atoms with E-state index in [-0.39, 0.29) is 12.5 Å². The summed E-state index contributed by atoms with van der Waals surface area (Å²) in [7, 11) is 0. The molecule has 0 aromatic carbocycles. The second-order valence-corrected chi connectivity index (χ2v) is 2.03. The van der Waals surface area contributed by atoms with Crippen molar-refractivity contribution in [3.05, 3.63) is 12.7 Å². The van der Waals surface area contributed by atoms with E-state index in [0.717, 1.165) is 0 Å². The molecule has 0 fully saturated rings. The zero-order valence-corrected chi connectivity index (χ0v) is 6.04. The fraction of sp³-hybridized carbons (Fsp3) is 0.571. The summed E-state index contributed by atoms with van der Waals surface area (Å²) in [6.45, 7) is 5.57. The van der Waals surface area contributed by atoms with Crippen molar-refractivity contribution in [3.8, 4) is 0 Å². The molecular formula is C7H12O3. The van der Waals surface area contributed by atoms with E-state index >= 15 is 0 Å². The molecule has 0 aliphatic heterocycles. The first kappa shape index (κ1) is 9.17. The number of ether oxygens (including phenoxy) is 1. The van der Waals surface area contributed by atoms with E-state index in [4.69, 9.17) is 9.84 Å². The molecule has 0 rings (SSSR count). The van der Waals surface area contributed by atoms with Crippen molar-refractivity contribution in [1.29, 1.82) is 0 Å². The first-order chi connectivity index (χ1) is 4.66. The molecule has 0 amide bonds. The predicted octanol–water partition coefficient (Wildman–Crippen LogP) is 1.05. The quantitative estimate of drug-likeness (QED) is 0.587. The lowest BCUT2D eigenvalue weighted by atomic mass is 10.3. The minimum atomic E-state index is -0.837. The normalized spacial score (nSPS) is 12.5. The van der Waals surface area contributed by atoms with Crippen LogP contribution < -0.4 is 0 Å². The van der Waals surface area contributed by atoms with Gasteiger partial charge in [0.15, 0.2) is 0 Å². The van der Waals surface area contributed by atoms with E-state index in [1.54, 1.807) is 13.0 Å². The van der Waals surface area contributed by atoms with Crippen LogP contribution in [0.25, 0.3) is 0 Å². The molecule has 1 N–H and O–H groups in total. The van der Waals surface area contributed by atoms with Gasteiger partial charge in [0.05, 0.1) is 19.1 Å². The van der Waals surface area contributed by atoms with Crippen molar-refractivity contribution in [2.75, 3.05) is 6.61 Å². The van der Waals surface area contributed by atoms with Gasteiger partial charge in [-0.1, -0.05) is 6.08 Å². The highest BCUT2D eigenvalue weighted by Crippen LogP contribution is 1.96. The number of rotatable bonds is 5. The van der Waals surface area contributed by atoms with Gasteiger partial charge in [0, 0.05) is 0 Å². The molecule has 3 nitrogen and oxygen atoms in total. The van der Waals surface area contributed by atoms with Gasteiger partial charge in [-0.3, -0.25) is 4.79 Å². The summed E-state index contributed by atoms with van der Waals surface area (Å²) in [5, 5.41) is 8.28. The van der Waals surface area contributed by atoms with Crippen LogP contribution in [0.4, 0.5) is 0 Å². The Balaban J connectivity index is 3.33. The highest BCUT2D eigenvalue weighted by Gasteiger charge is 2.05. The lowest BCUT2D eigenvalue weighted by Crippen LogP contribution is -2.13. The van der Waals surface area contributed by atoms with E-state index in [2.05, 4.69) is 6.58 Å². The Hall–Kier alpha value is -0.830. The Bertz CT molecular complexity index is 120. The van der Waals surface area contributed by atoms with Crippen molar-refractivity contribution < 1.29 is 14.6 Å². The summed E-state index contributed by atoms with van der Waals surface area (Å²) in [6, 6.07) is 0. The Labute approximate surface area is 60.3 Å². The molecule has 0 saturated carbocycles. The Morgan fingerprint density at radius 1 is 1.90 bits per heavy atom. The van der Waals surface area contributed by atoms with Crippen molar-refractivity contribution in [2.24, 2.45) is 0 Å². The van der Waals surface area contributed by atoms with Crippen LogP contribution in [0.1, 0.15) is 13.3 Å². The highest BCUT2D eigenvalue weighted by atomic mass is 16.5. The monoisotopic (exact) mass is 144 g/mol. The molecule has 0 aliphatic carbocycles. The Morgan fingerprint density at radius 3 is 2.90 bits per heavy atom. The van der Waals surface area contributed by atoms with Crippen LogP contribution in [-0.4, -0.2) is 23.8 Å². The van der Waals surface area contributed by atoms with Crippen LogP contribution in [0.15, 0.2) is 12.7 Å². The zero-order chi connectivity index (χ0) is 7.98.